The van der Waals surface area contributed by atoms with E-state index >= 15 is 0 Å². The Balaban J connectivity index is 3.01. The maximum Gasteiger partial charge on any atom is 0.0173 e. The molecule has 1 fully saturated rings. The van der Waals surface area contributed by atoms with Crippen molar-refractivity contribution in [1.82, 2.24) is 4.90 Å². The summed E-state index contributed by atoms with van der Waals surface area (Å²) in [5.74, 6) is 1.74. The third-order valence-corrected chi connectivity index (χ3v) is 5.04. The first kappa shape index (κ1) is 13.0. The minimum absolute atomic E-state index is 0.557. The zero-order chi connectivity index (χ0) is 11.6. The Morgan fingerprint density at radius 3 is 1.93 bits per heavy atom. The average molecular weight is 211 g/mol. The van der Waals surface area contributed by atoms with Crippen molar-refractivity contribution in [1.29, 1.82) is 0 Å². The molecule has 0 amide bonds. The van der Waals surface area contributed by atoms with Crippen LogP contribution in [0.2, 0.25) is 0 Å². The molecule has 3 unspecified atom stereocenters. The summed E-state index contributed by atoms with van der Waals surface area (Å²) in [5.41, 5.74) is 0.557. The van der Waals surface area contributed by atoms with Crippen LogP contribution < -0.4 is 0 Å². The Morgan fingerprint density at radius 2 is 1.60 bits per heavy atom. The molecule has 1 rings (SSSR count). The van der Waals surface area contributed by atoms with E-state index in [1.807, 2.05) is 0 Å². The molecule has 1 heteroatoms. The molecule has 1 aliphatic carbocycles. The largest absolute Gasteiger partial charge is 0.306 e. The van der Waals surface area contributed by atoms with E-state index in [4.69, 9.17) is 0 Å². The summed E-state index contributed by atoms with van der Waals surface area (Å²) >= 11 is 0. The van der Waals surface area contributed by atoms with Gasteiger partial charge < -0.3 is 4.90 Å². The highest BCUT2D eigenvalue weighted by Crippen LogP contribution is 2.49. The van der Waals surface area contributed by atoms with Gasteiger partial charge in [0.1, 0.15) is 0 Å². The quantitative estimate of drug-likeness (QED) is 0.686. The second kappa shape index (κ2) is 4.86. The fraction of sp³-hybridized carbons (Fsp3) is 1.00. The SMILES string of the molecule is CCC1(CC)C(C)CCC(C)C1N(C)C. The van der Waals surface area contributed by atoms with E-state index in [1.165, 1.54) is 25.7 Å². The molecule has 0 aromatic rings. The zero-order valence-electron chi connectivity index (χ0n) is 11.5. The predicted molar refractivity (Wildman–Crippen MR) is 68.1 cm³/mol. The lowest BCUT2D eigenvalue weighted by Gasteiger charge is -2.53. The fourth-order valence-corrected chi connectivity index (χ4v) is 4.20. The monoisotopic (exact) mass is 211 g/mol. The van der Waals surface area contributed by atoms with E-state index < -0.39 is 0 Å². The summed E-state index contributed by atoms with van der Waals surface area (Å²) in [6, 6.07) is 0.774. The molecule has 1 saturated carbocycles. The molecule has 1 nitrogen and oxygen atoms in total. The molecule has 0 radical (unpaired) electrons. The number of hydrogen-bond donors (Lipinski definition) is 0. The summed E-state index contributed by atoms with van der Waals surface area (Å²) in [5, 5.41) is 0. The fourth-order valence-electron chi connectivity index (χ4n) is 4.20. The normalized spacial score (nSPS) is 35.8. The molecule has 1 aliphatic rings. The smallest absolute Gasteiger partial charge is 0.0173 e. The van der Waals surface area contributed by atoms with Gasteiger partial charge in [0, 0.05) is 6.04 Å². The van der Waals surface area contributed by atoms with Gasteiger partial charge in [-0.15, -0.1) is 0 Å². The topological polar surface area (TPSA) is 3.24 Å². The van der Waals surface area contributed by atoms with Crippen molar-refractivity contribution in [2.75, 3.05) is 14.1 Å². The van der Waals surface area contributed by atoms with E-state index in [0.717, 1.165) is 17.9 Å². The van der Waals surface area contributed by atoms with E-state index in [1.54, 1.807) is 0 Å². The maximum atomic E-state index is 2.48. The first-order valence-corrected chi connectivity index (χ1v) is 6.66. The van der Waals surface area contributed by atoms with E-state index in [9.17, 15) is 0 Å². The first-order valence-electron chi connectivity index (χ1n) is 6.66. The van der Waals surface area contributed by atoms with Crippen molar-refractivity contribution in [3.05, 3.63) is 0 Å². The van der Waals surface area contributed by atoms with Crippen LogP contribution in [-0.4, -0.2) is 25.0 Å². The van der Waals surface area contributed by atoms with Gasteiger partial charge in [-0.25, -0.2) is 0 Å². The third kappa shape index (κ3) is 2.08. The third-order valence-electron chi connectivity index (χ3n) is 5.04. The summed E-state index contributed by atoms with van der Waals surface area (Å²) in [6.07, 6.45) is 5.49. The standard InChI is InChI=1S/C14H29N/c1-7-14(8-2)12(4)10-9-11(3)13(14)15(5)6/h11-13H,7-10H2,1-6H3. The van der Waals surface area contributed by atoms with Crippen LogP contribution in [0.1, 0.15) is 53.4 Å². The van der Waals surface area contributed by atoms with Gasteiger partial charge in [-0.1, -0.05) is 27.7 Å². The van der Waals surface area contributed by atoms with Crippen LogP contribution in [0, 0.1) is 17.3 Å². The molecular formula is C14H29N. The molecule has 0 N–H and O–H groups in total. The molecule has 90 valence electrons. The predicted octanol–water partition coefficient (Wildman–Crippen LogP) is 3.79. The number of hydrogen-bond acceptors (Lipinski definition) is 1. The highest BCUT2D eigenvalue weighted by Gasteiger charge is 2.46. The van der Waals surface area contributed by atoms with Crippen molar-refractivity contribution in [3.63, 3.8) is 0 Å². The van der Waals surface area contributed by atoms with Gasteiger partial charge in [-0.2, -0.15) is 0 Å². The van der Waals surface area contributed by atoms with Crippen LogP contribution in [0.25, 0.3) is 0 Å². The van der Waals surface area contributed by atoms with Gasteiger partial charge in [0.15, 0.2) is 0 Å². The average Bonchev–Trinajstić information content (AvgIpc) is 2.20. The van der Waals surface area contributed by atoms with Crippen LogP contribution in [0.3, 0.4) is 0 Å². The molecule has 0 saturated heterocycles. The first-order chi connectivity index (χ1) is 6.99. The Hall–Kier alpha value is -0.0400. The molecule has 3 atom stereocenters. The van der Waals surface area contributed by atoms with Crippen molar-refractivity contribution in [2.45, 2.75) is 59.4 Å². The Morgan fingerprint density at radius 1 is 1.07 bits per heavy atom. The number of nitrogens with zero attached hydrogens (tertiary/aromatic N) is 1. The van der Waals surface area contributed by atoms with Gasteiger partial charge >= 0.3 is 0 Å². The van der Waals surface area contributed by atoms with Crippen molar-refractivity contribution in [3.8, 4) is 0 Å². The maximum absolute atomic E-state index is 2.48. The van der Waals surface area contributed by atoms with E-state index in [0.29, 0.717) is 5.41 Å². The summed E-state index contributed by atoms with van der Waals surface area (Å²) in [7, 11) is 4.53. The van der Waals surface area contributed by atoms with Crippen LogP contribution in [0.5, 0.6) is 0 Å². The van der Waals surface area contributed by atoms with Gasteiger partial charge in [0.25, 0.3) is 0 Å². The summed E-state index contributed by atoms with van der Waals surface area (Å²) in [6.45, 7) is 9.68. The summed E-state index contributed by atoms with van der Waals surface area (Å²) < 4.78 is 0. The van der Waals surface area contributed by atoms with E-state index in [-0.39, 0.29) is 0 Å². The van der Waals surface area contributed by atoms with Gasteiger partial charge in [0.05, 0.1) is 0 Å². The minimum Gasteiger partial charge on any atom is -0.306 e. The van der Waals surface area contributed by atoms with Crippen molar-refractivity contribution >= 4 is 0 Å². The Labute approximate surface area is 96.2 Å². The lowest BCUT2D eigenvalue weighted by atomic mass is 9.57. The minimum atomic E-state index is 0.557. The molecule has 15 heavy (non-hydrogen) atoms. The van der Waals surface area contributed by atoms with Crippen LogP contribution in [0.4, 0.5) is 0 Å². The molecule has 0 aromatic heterocycles. The lowest BCUT2D eigenvalue weighted by molar-refractivity contribution is -0.0333. The van der Waals surface area contributed by atoms with Gasteiger partial charge in [0.2, 0.25) is 0 Å². The molecule has 0 spiro atoms. The molecular weight excluding hydrogens is 182 g/mol. The molecule has 0 heterocycles. The van der Waals surface area contributed by atoms with Gasteiger partial charge in [-0.05, 0) is 57.0 Å². The highest BCUT2D eigenvalue weighted by molar-refractivity contribution is 4.99. The Kier molecular flexibility index (Phi) is 4.22. The zero-order valence-corrected chi connectivity index (χ0v) is 11.5. The molecule has 0 aromatic carbocycles. The van der Waals surface area contributed by atoms with Crippen LogP contribution in [0.15, 0.2) is 0 Å². The summed E-state index contributed by atoms with van der Waals surface area (Å²) in [4.78, 5) is 2.48. The number of rotatable bonds is 3. The second-order valence-corrected chi connectivity index (χ2v) is 5.80. The molecule has 0 bridgehead atoms. The van der Waals surface area contributed by atoms with E-state index in [2.05, 4.69) is 46.7 Å². The van der Waals surface area contributed by atoms with Crippen LogP contribution >= 0.6 is 0 Å². The van der Waals surface area contributed by atoms with Crippen LogP contribution in [-0.2, 0) is 0 Å². The highest BCUT2D eigenvalue weighted by atomic mass is 15.1. The van der Waals surface area contributed by atoms with Crippen molar-refractivity contribution in [2.24, 2.45) is 17.3 Å². The van der Waals surface area contributed by atoms with Crippen molar-refractivity contribution < 1.29 is 0 Å². The lowest BCUT2D eigenvalue weighted by Crippen LogP contribution is -2.54. The molecule has 0 aliphatic heterocycles. The second-order valence-electron chi connectivity index (χ2n) is 5.80. The van der Waals surface area contributed by atoms with Gasteiger partial charge in [-0.3, -0.25) is 0 Å². The Bertz CT molecular complexity index is 194.